The van der Waals surface area contributed by atoms with Crippen LogP contribution in [0.3, 0.4) is 0 Å². The second-order valence-corrected chi connectivity index (χ2v) is 4.82. The number of hydrogen-bond donors (Lipinski definition) is 1. The van der Waals surface area contributed by atoms with Crippen molar-refractivity contribution in [1.82, 2.24) is 4.98 Å². The number of nitrogens with two attached hydrogens (primary N) is 1. The van der Waals surface area contributed by atoms with Crippen LogP contribution in [0.1, 0.15) is 0 Å². The van der Waals surface area contributed by atoms with Crippen molar-refractivity contribution in [2.75, 3.05) is 12.8 Å². The molecular formula is C12H11ClN2OS. The summed E-state index contributed by atoms with van der Waals surface area (Å²) >= 11 is 7.25. The molecule has 2 rings (SSSR count). The Morgan fingerprint density at radius 3 is 2.76 bits per heavy atom. The molecule has 0 saturated carbocycles. The highest BCUT2D eigenvalue weighted by Crippen LogP contribution is 2.33. The molecule has 17 heavy (non-hydrogen) atoms. The van der Waals surface area contributed by atoms with Gasteiger partial charge in [0.05, 0.1) is 12.1 Å². The number of benzene rings is 1. The van der Waals surface area contributed by atoms with Crippen molar-refractivity contribution < 1.29 is 4.74 Å². The second-order valence-electron chi connectivity index (χ2n) is 3.32. The van der Waals surface area contributed by atoms with Gasteiger partial charge in [0, 0.05) is 16.8 Å². The highest BCUT2D eigenvalue weighted by Gasteiger charge is 2.05. The zero-order valence-electron chi connectivity index (χ0n) is 9.18. The summed E-state index contributed by atoms with van der Waals surface area (Å²) < 4.78 is 5.16. The predicted molar refractivity (Wildman–Crippen MR) is 70.8 cm³/mol. The number of hydrogen-bond acceptors (Lipinski definition) is 4. The van der Waals surface area contributed by atoms with Gasteiger partial charge in [0.2, 0.25) is 0 Å². The molecule has 0 atom stereocenters. The molecule has 0 saturated heterocycles. The standard InChI is InChI=1S/C12H11ClN2OS/c1-16-9-3-4-10(14)11(6-9)17-12-5-2-8(13)7-15-12/h2-7H,14H2,1H3. The Balaban J connectivity index is 2.25. The molecule has 2 aromatic rings. The van der Waals surface area contributed by atoms with Crippen LogP contribution in [0.25, 0.3) is 0 Å². The molecule has 1 heterocycles. The fraction of sp³-hybridized carbons (Fsp3) is 0.0833. The maximum Gasteiger partial charge on any atom is 0.120 e. The lowest BCUT2D eigenvalue weighted by atomic mass is 10.3. The van der Waals surface area contributed by atoms with E-state index in [2.05, 4.69) is 4.98 Å². The van der Waals surface area contributed by atoms with E-state index >= 15 is 0 Å². The van der Waals surface area contributed by atoms with Crippen molar-refractivity contribution in [3.05, 3.63) is 41.6 Å². The zero-order chi connectivity index (χ0) is 12.3. The lowest BCUT2D eigenvalue weighted by Crippen LogP contribution is -1.91. The molecule has 0 aliphatic heterocycles. The Morgan fingerprint density at radius 1 is 1.29 bits per heavy atom. The third-order valence-electron chi connectivity index (χ3n) is 2.14. The van der Waals surface area contributed by atoms with Crippen LogP contribution in [0, 0.1) is 0 Å². The van der Waals surface area contributed by atoms with Gasteiger partial charge in [0.1, 0.15) is 10.8 Å². The molecule has 0 bridgehead atoms. The first-order chi connectivity index (χ1) is 8.19. The molecule has 0 fully saturated rings. The van der Waals surface area contributed by atoms with E-state index in [1.165, 1.54) is 11.8 Å². The number of nitrogens with zero attached hydrogens (tertiary/aromatic N) is 1. The second kappa shape index (κ2) is 5.29. The van der Waals surface area contributed by atoms with Crippen LogP contribution >= 0.6 is 23.4 Å². The summed E-state index contributed by atoms with van der Waals surface area (Å²) in [4.78, 5) is 5.12. The highest BCUT2D eigenvalue weighted by atomic mass is 35.5. The summed E-state index contributed by atoms with van der Waals surface area (Å²) in [6.07, 6.45) is 1.61. The van der Waals surface area contributed by atoms with Gasteiger partial charge < -0.3 is 10.5 Å². The van der Waals surface area contributed by atoms with Crippen molar-refractivity contribution in [2.45, 2.75) is 9.92 Å². The first-order valence-electron chi connectivity index (χ1n) is 4.92. The highest BCUT2D eigenvalue weighted by molar-refractivity contribution is 7.99. The molecule has 88 valence electrons. The largest absolute Gasteiger partial charge is 0.497 e. The van der Waals surface area contributed by atoms with Crippen LogP contribution in [0.15, 0.2) is 46.5 Å². The van der Waals surface area contributed by atoms with Crippen LogP contribution < -0.4 is 10.5 Å². The van der Waals surface area contributed by atoms with Gasteiger partial charge in [-0.05, 0) is 30.3 Å². The maximum absolute atomic E-state index is 5.89. The van der Waals surface area contributed by atoms with E-state index in [1.54, 1.807) is 19.4 Å². The average Bonchev–Trinajstić information content (AvgIpc) is 2.35. The van der Waals surface area contributed by atoms with E-state index in [4.69, 9.17) is 22.1 Å². The molecular weight excluding hydrogens is 256 g/mol. The predicted octanol–water partition coefficient (Wildman–Crippen LogP) is 3.48. The molecule has 1 aromatic heterocycles. The first kappa shape index (κ1) is 12.1. The van der Waals surface area contributed by atoms with Crippen LogP contribution in [0.4, 0.5) is 5.69 Å². The Hall–Kier alpha value is -1.39. The monoisotopic (exact) mass is 266 g/mol. The Morgan fingerprint density at radius 2 is 2.12 bits per heavy atom. The van der Waals surface area contributed by atoms with Crippen LogP contribution in [0.5, 0.6) is 5.75 Å². The summed E-state index contributed by atoms with van der Waals surface area (Å²) in [6.45, 7) is 0. The molecule has 5 heteroatoms. The van der Waals surface area contributed by atoms with E-state index in [9.17, 15) is 0 Å². The fourth-order valence-corrected chi connectivity index (χ4v) is 2.20. The normalized spacial score (nSPS) is 10.2. The summed E-state index contributed by atoms with van der Waals surface area (Å²) in [6, 6.07) is 9.18. The number of aromatic nitrogens is 1. The number of nitrogen functional groups attached to an aromatic ring is 1. The summed E-state index contributed by atoms with van der Waals surface area (Å²) in [5, 5.41) is 1.46. The number of pyridine rings is 1. The van der Waals surface area contributed by atoms with Gasteiger partial charge in [-0.1, -0.05) is 23.4 Å². The smallest absolute Gasteiger partial charge is 0.120 e. The van der Waals surface area contributed by atoms with Crippen molar-refractivity contribution in [1.29, 1.82) is 0 Å². The lowest BCUT2D eigenvalue weighted by molar-refractivity contribution is 0.414. The lowest BCUT2D eigenvalue weighted by Gasteiger charge is -2.07. The molecule has 0 spiro atoms. The number of rotatable bonds is 3. The Bertz CT molecular complexity index is 516. The number of halogens is 1. The minimum absolute atomic E-state index is 0.618. The molecule has 0 unspecified atom stereocenters. The SMILES string of the molecule is COc1ccc(N)c(Sc2ccc(Cl)cn2)c1. The maximum atomic E-state index is 5.89. The van der Waals surface area contributed by atoms with E-state index in [0.29, 0.717) is 10.7 Å². The molecule has 0 radical (unpaired) electrons. The average molecular weight is 267 g/mol. The summed E-state index contributed by atoms with van der Waals surface area (Å²) in [7, 11) is 1.63. The van der Waals surface area contributed by atoms with Gasteiger partial charge in [-0.15, -0.1) is 0 Å². The molecule has 2 N–H and O–H groups in total. The molecule has 0 aliphatic rings. The van der Waals surface area contributed by atoms with Gasteiger partial charge in [0.15, 0.2) is 0 Å². The first-order valence-corrected chi connectivity index (χ1v) is 6.11. The van der Waals surface area contributed by atoms with Crippen molar-refractivity contribution >= 4 is 29.1 Å². The van der Waals surface area contributed by atoms with Crippen LogP contribution in [-0.4, -0.2) is 12.1 Å². The minimum atomic E-state index is 0.618. The minimum Gasteiger partial charge on any atom is -0.497 e. The quantitative estimate of drug-likeness (QED) is 0.864. The van der Waals surface area contributed by atoms with E-state index in [1.807, 2.05) is 24.3 Å². The molecule has 0 amide bonds. The van der Waals surface area contributed by atoms with Crippen molar-refractivity contribution in [3.8, 4) is 5.75 Å². The van der Waals surface area contributed by atoms with E-state index in [0.717, 1.165) is 15.7 Å². The molecule has 3 nitrogen and oxygen atoms in total. The summed E-state index contributed by atoms with van der Waals surface area (Å²) in [5.74, 6) is 0.774. The van der Waals surface area contributed by atoms with Crippen LogP contribution in [0.2, 0.25) is 5.02 Å². The van der Waals surface area contributed by atoms with Gasteiger partial charge in [-0.2, -0.15) is 0 Å². The van der Waals surface area contributed by atoms with Crippen LogP contribution in [-0.2, 0) is 0 Å². The van der Waals surface area contributed by atoms with Gasteiger partial charge in [-0.25, -0.2) is 4.98 Å². The van der Waals surface area contributed by atoms with E-state index in [-0.39, 0.29) is 0 Å². The van der Waals surface area contributed by atoms with E-state index < -0.39 is 0 Å². The Labute approximate surface area is 109 Å². The van der Waals surface area contributed by atoms with Gasteiger partial charge in [0.25, 0.3) is 0 Å². The number of ether oxygens (including phenoxy) is 1. The molecule has 0 aliphatic carbocycles. The Kier molecular flexibility index (Phi) is 3.76. The van der Waals surface area contributed by atoms with Crippen molar-refractivity contribution in [3.63, 3.8) is 0 Å². The third kappa shape index (κ3) is 3.05. The van der Waals surface area contributed by atoms with Gasteiger partial charge in [-0.3, -0.25) is 0 Å². The number of anilines is 1. The number of methoxy groups -OCH3 is 1. The molecule has 1 aromatic carbocycles. The van der Waals surface area contributed by atoms with Crippen molar-refractivity contribution in [2.24, 2.45) is 0 Å². The third-order valence-corrected chi connectivity index (χ3v) is 3.38. The topological polar surface area (TPSA) is 48.1 Å². The van der Waals surface area contributed by atoms with Gasteiger partial charge >= 0.3 is 0 Å². The zero-order valence-corrected chi connectivity index (χ0v) is 10.8. The summed E-state index contributed by atoms with van der Waals surface area (Å²) in [5.41, 5.74) is 6.59. The fourth-order valence-electron chi connectivity index (χ4n) is 1.27.